The minimum atomic E-state index is -1.43. The van der Waals surface area contributed by atoms with Crippen molar-refractivity contribution in [2.45, 2.75) is 5.60 Å². The smallest absolute Gasteiger partial charge is 0.145 e. The van der Waals surface area contributed by atoms with Gasteiger partial charge in [0.05, 0.1) is 17.1 Å². The van der Waals surface area contributed by atoms with Crippen LogP contribution in [0.15, 0.2) is 140 Å². The highest BCUT2D eigenvalue weighted by Crippen LogP contribution is 2.56. The monoisotopic (exact) mass is 509 g/mol. The molecule has 6 aromatic carbocycles. The second kappa shape index (κ2) is 8.88. The second-order valence-electron chi connectivity index (χ2n) is 9.63. The molecule has 182 valence electrons. The highest BCUT2D eigenvalue weighted by Gasteiger charge is 2.45. The molecule has 1 aliphatic heterocycles. The molecule has 0 fully saturated rings. The molecule has 3 heteroatoms. The number of benzene rings is 6. The summed E-state index contributed by atoms with van der Waals surface area (Å²) in [5, 5.41) is 15.9. The van der Waals surface area contributed by atoms with Crippen LogP contribution in [0.2, 0.25) is 5.02 Å². The van der Waals surface area contributed by atoms with Crippen LogP contribution in [-0.4, -0.2) is 5.11 Å². The summed E-state index contributed by atoms with van der Waals surface area (Å²) >= 11 is 6.63. The Morgan fingerprint density at radius 1 is 0.526 bits per heavy atom. The Hall–Kier alpha value is -4.37. The van der Waals surface area contributed by atoms with E-state index in [4.69, 9.17) is 11.6 Å². The van der Waals surface area contributed by atoms with E-state index in [0.29, 0.717) is 5.02 Å². The van der Waals surface area contributed by atoms with Crippen LogP contribution in [0, 0.1) is 0 Å². The molecule has 0 bridgehead atoms. The van der Waals surface area contributed by atoms with Gasteiger partial charge in [0.2, 0.25) is 0 Å². The molecule has 0 saturated carbocycles. The molecule has 0 spiro atoms. The van der Waals surface area contributed by atoms with Gasteiger partial charge in [-0.05, 0) is 46.8 Å². The van der Waals surface area contributed by atoms with Crippen LogP contribution >= 0.6 is 11.6 Å². The number of fused-ring (bicyclic) bond motifs is 3. The summed E-state index contributed by atoms with van der Waals surface area (Å²) in [6, 6.07) is 47.0. The number of aliphatic hydroxyl groups is 1. The van der Waals surface area contributed by atoms with Gasteiger partial charge in [0.1, 0.15) is 5.60 Å². The van der Waals surface area contributed by atoms with Crippen molar-refractivity contribution >= 4 is 39.4 Å². The molecule has 0 saturated heterocycles. The lowest BCUT2D eigenvalue weighted by Crippen LogP contribution is -2.37. The molecule has 1 N–H and O–H groups in total. The Kier molecular flexibility index (Phi) is 5.33. The van der Waals surface area contributed by atoms with Crippen molar-refractivity contribution in [2.24, 2.45) is 0 Å². The Balaban J connectivity index is 1.57. The van der Waals surface area contributed by atoms with E-state index in [9.17, 15) is 5.11 Å². The summed E-state index contributed by atoms with van der Waals surface area (Å²) < 4.78 is 0. The number of hydrogen-bond donors (Lipinski definition) is 1. The Bertz CT molecular complexity index is 1810. The highest BCUT2D eigenvalue weighted by molar-refractivity contribution is 6.30. The van der Waals surface area contributed by atoms with Gasteiger partial charge in [-0.1, -0.05) is 121 Å². The standard InChI is InChI=1S/C35H24ClNO/c36-26-21-22-34-31(23-26)35(38,29-17-7-6-15-27(29)24-11-2-1-3-12-24)30-18-8-9-19-33(30)37(34)32-20-10-14-25-13-4-5-16-28(25)32/h1-23,38H. The zero-order valence-electron chi connectivity index (χ0n) is 20.6. The van der Waals surface area contributed by atoms with Gasteiger partial charge < -0.3 is 10.0 Å². The van der Waals surface area contributed by atoms with Gasteiger partial charge in [-0.2, -0.15) is 0 Å². The Morgan fingerprint density at radius 3 is 2.03 bits per heavy atom. The number of hydrogen-bond acceptors (Lipinski definition) is 2. The number of para-hydroxylation sites is 1. The van der Waals surface area contributed by atoms with Crippen LogP contribution < -0.4 is 4.90 Å². The largest absolute Gasteiger partial charge is 0.376 e. The van der Waals surface area contributed by atoms with Gasteiger partial charge >= 0.3 is 0 Å². The molecule has 7 rings (SSSR count). The van der Waals surface area contributed by atoms with E-state index in [0.717, 1.165) is 55.7 Å². The SMILES string of the molecule is OC1(c2ccccc2-c2ccccc2)c2ccccc2N(c2cccc3ccccc23)c2ccc(Cl)cc21. The molecule has 0 aliphatic carbocycles. The van der Waals surface area contributed by atoms with Crippen LogP contribution in [0.4, 0.5) is 17.1 Å². The van der Waals surface area contributed by atoms with Crippen molar-refractivity contribution in [3.63, 3.8) is 0 Å². The van der Waals surface area contributed by atoms with Crippen molar-refractivity contribution in [1.29, 1.82) is 0 Å². The number of halogens is 1. The average molecular weight is 510 g/mol. The third kappa shape index (κ3) is 3.39. The molecule has 1 atom stereocenters. The summed E-state index contributed by atoms with van der Waals surface area (Å²) in [5.74, 6) is 0. The second-order valence-corrected chi connectivity index (χ2v) is 10.1. The van der Waals surface area contributed by atoms with Crippen LogP contribution in [0.3, 0.4) is 0 Å². The van der Waals surface area contributed by atoms with Gasteiger partial charge in [-0.15, -0.1) is 0 Å². The van der Waals surface area contributed by atoms with E-state index in [1.807, 2.05) is 72.8 Å². The number of anilines is 3. The molecule has 1 aliphatic rings. The van der Waals surface area contributed by atoms with Crippen molar-refractivity contribution in [3.05, 3.63) is 161 Å². The predicted octanol–water partition coefficient (Wildman–Crippen LogP) is 9.23. The molecular weight excluding hydrogens is 486 g/mol. The van der Waals surface area contributed by atoms with Crippen LogP contribution in [0.1, 0.15) is 16.7 Å². The van der Waals surface area contributed by atoms with Crippen LogP contribution in [0.5, 0.6) is 0 Å². The van der Waals surface area contributed by atoms with Gasteiger partial charge in [0, 0.05) is 27.1 Å². The molecule has 6 aromatic rings. The fourth-order valence-corrected chi connectivity index (χ4v) is 6.04. The fourth-order valence-electron chi connectivity index (χ4n) is 5.86. The molecule has 0 radical (unpaired) electrons. The molecule has 0 aromatic heterocycles. The van der Waals surface area contributed by atoms with Gasteiger partial charge in [-0.3, -0.25) is 0 Å². The normalized spacial score (nSPS) is 16.2. The lowest BCUT2D eigenvalue weighted by molar-refractivity contribution is 0.126. The summed E-state index contributed by atoms with van der Waals surface area (Å²) in [4.78, 5) is 2.25. The third-order valence-corrected chi connectivity index (χ3v) is 7.77. The van der Waals surface area contributed by atoms with E-state index >= 15 is 0 Å². The third-order valence-electron chi connectivity index (χ3n) is 7.53. The van der Waals surface area contributed by atoms with Crippen LogP contribution in [-0.2, 0) is 5.60 Å². The quantitative estimate of drug-likeness (QED) is 0.257. The minimum Gasteiger partial charge on any atom is -0.376 e. The first-order chi connectivity index (χ1) is 18.7. The first kappa shape index (κ1) is 22.8. The summed E-state index contributed by atoms with van der Waals surface area (Å²) in [6.45, 7) is 0. The summed E-state index contributed by atoms with van der Waals surface area (Å²) in [6.07, 6.45) is 0. The molecule has 2 nitrogen and oxygen atoms in total. The van der Waals surface area contributed by atoms with Crippen molar-refractivity contribution in [1.82, 2.24) is 0 Å². The lowest BCUT2D eigenvalue weighted by atomic mass is 9.73. The molecule has 38 heavy (non-hydrogen) atoms. The fraction of sp³-hybridized carbons (Fsp3) is 0.0286. The zero-order valence-corrected chi connectivity index (χ0v) is 21.3. The molecule has 1 heterocycles. The maximum atomic E-state index is 13.0. The maximum absolute atomic E-state index is 13.0. The van der Waals surface area contributed by atoms with E-state index in [-0.39, 0.29) is 0 Å². The first-order valence-electron chi connectivity index (χ1n) is 12.7. The highest BCUT2D eigenvalue weighted by atomic mass is 35.5. The van der Waals surface area contributed by atoms with Crippen molar-refractivity contribution < 1.29 is 5.11 Å². The minimum absolute atomic E-state index is 0.580. The maximum Gasteiger partial charge on any atom is 0.145 e. The lowest BCUT2D eigenvalue weighted by Gasteiger charge is -2.43. The number of nitrogens with zero attached hydrogens (tertiary/aromatic N) is 1. The molecule has 1 unspecified atom stereocenters. The van der Waals surface area contributed by atoms with Crippen molar-refractivity contribution in [3.8, 4) is 11.1 Å². The predicted molar refractivity (Wildman–Crippen MR) is 158 cm³/mol. The van der Waals surface area contributed by atoms with Crippen molar-refractivity contribution in [2.75, 3.05) is 4.90 Å². The van der Waals surface area contributed by atoms with Gasteiger partial charge in [0.15, 0.2) is 0 Å². The molecule has 0 amide bonds. The van der Waals surface area contributed by atoms with Gasteiger partial charge in [0.25, 0.3) is 0 Å². The topological polar surface area (TPSA) is 23.5 Å². The Labute approximate surface area is 227 Å². The zero-order chi connectivity index (χ0) is 25.7. The number of rotatable bonds is 3. The molecular formula is C35H24ClNO. The van der Waals surface area contributed by atoms with Crippen LogP contribution in [0.25, 0.3) is 21.9 Å². The Morgan fingerprint density at radius 2 is 1.16 bits per heavy atom. The van der Waals surface area contributed by atoms with Gasteiger partial charge in [-0.25, -0.2) is 0 Å². The van der Waals surface area contributed by atoms with E-state index in [1.54, 1.807) is 0 Å². The summed E-state index contributed by atoms with van der Waals surface area (Å²) in [7, 11) is 0. The van der Waals surface area contributed by atoms with E-state index in [2.05, 4.69) is 71.6 Å². The average Bonchev–Trinajstić information content (AvgIpc) is 2.98. The van der Waals surface area contributed by atoms with E-state index < -0.39 is 5.60 Å². The first-order valence-corrected chi connectivity index (χ1v) is 13.1. The summed E-state index contributed by atoms with van der Waals surface area (Å²) in [5.41, 5.74) is 5.87. The van der Waals surface area contributed by atoms with E-state index in [1.165, 1.54) is 0 Å².